The molecule has 2 heterocycles. The summed E-state index contributed by atoms with van der Waals surface area (Å²) < 4.78 is 1.56. The number of aliphatic hydroxyl groups excluding tert-OH is 1. The molecule has 1 fully saturated rings. The minimum Gasteiger partial charge on any atom is -0.481 e. The Morgan fingerprint density at radius 2 is 2.12 bits per heavy atom. The molecular weight excluding hydrogens is 322 g/mol. The molecule has 140 valence electrons. The molecule has 1 aliphatic heterocycles. The third-order valence-electron chi connectivity index (χ3n) is 4.96. The van der Waals surface area contributed by atoms with Gasteiger partial charge in [0.05, 0.1) is 11.8 Å². The Balaban J connectivity index is 2.25. The number of carbonyl (C=O) groups excluding carboxylic acids is 1. The Morgan fingerprint density at radius 1 is 1.44 bits per heavy atom. The van der Waals surface area contributed by atoms with Gasteiger partial charge >= 0.3 is 5.97 Å². The number of hydrogen-bond acceptors (Lipinski definition) is 4. The van der Waals surface area contributed by atoms with E-state index in [9.17, 15) is 19.8 Å². The number of carboxylic acids is 1. The van der Waals surface area contributed by atoms with Crippen molar-refractivity contribution in [2.24, 2.45) is 18.4 Å². The Bertz CT molecular complexity index is 640. The van der Waals surface area contributed by atoms with Gasteiger partial charge in [0.1, 0.15) is 11.1 Å². The van der Waals surface area contributed by atoms with Crippen molar-refractivity contribution < 1.29 is 19.8 Å². The molecule has 0 unspecified atom stereocenters. The SMILES string of the molecule is CCC[C@@]1(C(=O)O)CN(C(=O)c2cc(CC(C)C)nn2C)CC[C@@H]1O. The van der Waals surface area contributed by atoms with E-state index in [0.29, 0.717) is 31.0 Å². The summed E-state index contributed by atoms with van der Waals surface area (Å²) in [5.74, 6) is -0.823. The minimum absolute atomic E-state index is 0.0286. The van der Waals surface area contributed by atoms with Crippen LogP contribution in [0.25, 0.3) is 0 Å². The van der Waals surface area contributed by atoms with Gasteiger partial charge in [0.15, 0.2) is 0 Å². The van der Waals surface area contributed by atoms with Crippen LogP contribution in [0.4, 0.5) is 0 Å². The van der Waals surface area contributed by atoms with Crippen molar-refractivity contribution in [2.75, 3.05) is 13.1 Å². The summed E-state index contributed by atoms with van der Waals surface area (Å²) in [5.41, 5.74) is 0.0286. The van der Waals surface area contributed by atoms with Crippen molar-refractivity contribution in [3.63, 3.8) is 0 Å². The van der Waals surface area contributed by atoms with Crippen LogP contribution < -0.4 is 0 Å². The van der Waals surface area contributed by atoms with Crippen LogP contribution in [0.5, 0.6) is 0 Å². The lowest BCUT2D eigenvalue weighted by Gasteiger charge is -2.43. The quantitative estimate of drug-likeness (QED) is 0.813. The normalized spacial score (nSPS) is 23.9. The summed E-state index contributed by atoms with van der Waals surface area (Å²) in [7, 11) is 1.73. The third kappa shape index (κ3) is 3.86. The zero-order chi connectivity index (χ0) is 18.8. The highest BCUT2D eigenvalue weighted by Crippen LogP contribution is 2.36. The van der Waals surface area contributed by atoms with Crippen LogP contribution in [0.1, 0.15) is 56.2 Å². The van der Waals surface area contributed by atoms with Crippen LogP contribution in [0.15, 0.2) is 6.07 Å². The Kier molecular flexibility index (Phi) is 5.87. The summed E-state index contributed by atoms with van der Waals surface area (Å²) in [6.45, 7) is 6.45. The highest BCUT2D eigenvalue weighted by atomic mass is 16.4. The lowest BCUT2D eigenvalue weighted by atomic mass is 9.74. The summed E-state index contributed by atoms with van der Waals surface area (Å²) >= 11 is 0. The number of nitrogens with zero attached hydrogens (tertiary/aromatic N) is 3. The van der Waals surface area contributed by atoms with Crippen LogP contribution in [0.3, 0.4) is 0 Å². The molecule has 0 aliphatic carbocycles. The smallest absolute Gasteiger partial charge is 0.314 e. The van der Waals surface area contributed by atoms with E-state index in [1.54, 1.807) is 22.7 Å². The van der Waals surface area contributed by atoms with E-state index in [0.717, 1.165) is 12.1 Å². The minimum atomic E-state index is -1.29. The fourth-order valence-electron chi connectivity index (χ4n) is 3.67. The van der Waals surface area contributed by atoms with Crippen LogP contribution in [-0.2, 0) is 18.3 Å². The average molecular weight is 351 g/mol. The van der Waals surface area contributed by atoms with Crippen molar-refractivity contribution in [3.8, 4) is 0 Å². The number of piperidine rings is 1. The van der Waals surface area contributed by atoms with Crippen molar-refractivity contribution in [1.29, 1.82) is 0 Å². The van der Waals surface area contributed by atoms with Crippen LogP contribution in [0.2, 0.25) is 0 Å². The van der Waals surface area contributed by atoms with Gasteiger partial charge in [-0.25, -0.2) is 0 Å². The molecule has 0 saturated carbocycles. The molecule has 1 aromatic rings. The molecule has 0 bridgehead atoms. The molecule has 7 heteroatoms. The third-order valence-corrected chi connectivity index (χ3v) is 4.96. The maximum atomic E-state index is 12.9. The molecule has 0 aromatic carbocycles. The van der Waals surface area contributed by atoms with Gasteiger partial charge < -0.3 is 15.1 Å². The van der Waals surface area contributed by atoms with Gasteiger partial charge in [-0.05, 0) is 31.2 Å². The fraction of sp³-hybridized carbons (Fsp3) is 0.722. The Hall–Kier alpha value is -1.89. The van der Waals surface area contributed by atoms with Gasteiger partial charge in [-0.2, -0.15) is 5.10 Å². The molecule has 25 heavy (non-hydrogen) atoms. The predicted molar refractivity (Wildman–Crippen MR) is 93.3 cm³/mol. The Morgan fingerprint density at radius 3 is 2.68 bits per heavy atom. The standard InChI is InChI=1S/C18H29N3O4/c1-5-7-18(17(24)25)11-21(8-6-15(18)22)16(23)14-10-13(9-12(2)3)19-20(14)4/h10,12,15,22H,5-9,11H2,1-4H3,(H,24,25)/t15-,18+/m0/s1. The number of aliphatic hydroxyl groups is 1. The number of amides is 1. The molecule has 2 atom stereocenters. The van der Waals surface area contributed by atoms with E-state index >= 15 is 0 Å². The van der Waals surface area contributed by atoms with Gasteiger partial charge in [0.25, 0.3) is 5.91 Å². The monoisotopic (exact) mass is 351 g/mol. The second kappa shape index (κ2) is 7.56. The second-order valence-corrected chi connectivity index (χ2v) is 7.48. The van der Waals surface area contributed by atoms with Crippen molar-refractivity contribution in [2.45, 2.75) is 52.6 Å². The lowest BCUT2D eigenvalue weighted by molar-refractivity contribution is -0.162. The summed E-state index contributed by atoms with van der Waals surface area (Å²) in [6.07, 6.45) is 1.10. The summed E-state index contributed by atoms with van der Waals surface area (Å²) in [4.78, 5) is 26.3. The molecule has 1 saturated heterocycles. The molecule has 1 aromatic heterocycles. The molecule has 7 nitrogen and oxygen atoms in total. The van der Waals surface area contributed by atoms with Gasteiger partial charge in [-0.1, -0.05) is 27.2 Å². The van der Waals surface area contributed by atoms with E-state index in [1.807, 2.05) is 6.92 Å². The molecule has 0 radical (unpaired) electrons. The number of aryl methyl sites for hydroxylation is 1. The average Bonchev–Trinajstić information content (AvgIpc) is 2.88. The maximum Gasteiger partial charge on any atom is 0.314 e. The van der Waals surface area contributed by atoms with Crippen molar-refractivity contribution in [3.05, 3.63) is 17.5 Å². The van der Waals surface area contributed by atoms with E-state index in [1.165, 1.54) is 0 Å². The maximum absolute atomic E-state index is 12.9. The van der Waals surface area contributed by atoms with Gasteiger partial charge in [-0.15, -0.1) is 0 Å². The van der Waals surface area contributed by atoms with Crippen molar-refractivity contribution >= 4 is 11.9 Å². The highest BCUT2D eigenvalue weighted by Gasteiger charge is 2.49. The zero-order valence-electron chi connectivity index (χ0n) is 15.5. The number of carboxylic acid groups (broad SMARTS) is 1. The van der Waals surface area contributed by atoms with Gasteiger partial charge in [-0.3, -0.25) is 14.3 Å². The first-order chi connectivity index (χ1) is 11.7. The highest BCUT2D eigenvalue weighted by molar-refractivity contribution is 5.93. The van der Waals surface area contributed by atoms with Crippen LogP contribution >= 0.6 is 0 Å². The first kappa shape index (κ1) is 19.4. The molecule has 1 aliphatic rings. The Labute approximate surface area is 148 Å². The second-order valence-electron chi connectivity index (χ2n) is 7.48. The first-order valence-electron chi connectivity index (χ1n) is 8.95. The predicted octanol–water partition coefficient (Wildman–Crippen LogP) is 1.70. The van der Waals surface area contributed by atoms with Gasteiger partial charge in [0.2, 0.25) is 0 Å². The van der Waals surface area contributed by atoms with Crippen LogP contribution in [0, 0.1) is 11.3 Å². The van der Waals surface area contributed by atoms with Gasteiger partial charge in [0, 0.05) is 20.1 Å². The van der Waals surface area contributed by atoms with E-state index in [2.05, 4.69) is 18.9 Å². The molecule has 0 spiro atoms. The van der Waals surface area contributed by atoms with E-state index in [-0.39, 0.29) is 18.9 Å². The largest absolute Gasteiger partial charge is 0.481 e. The summed E-state index contributed by atoms with van der Waals surface area (Å²) in [5, 5.41) is 24.4. The number of aliphatic carboxylic acids is 1. The molecule has 2 rings (SSSR count). The fourth-order valence-corrected chi connectivity index (χ4v) is 3.67. The van der Waals surface area contributed by atoms with Crippen LogP contribution in [-0.4, -0.2) is 56.0 Å². The van der Waals surface area contributed by atoms with E-state index in [4.69, 9.17) is 0 Å². The van der Waals surface area contributed by atoms with E-state index < -0.39 is 17.5 Å². The summed E-state index contributed by atoms with van der Waals surface area (Å²) in [6, 6.07) is 1.79. The lowest BCUT2D eigenvalue weighted by Crippen LogP contribution is -2.57. The van der Waals surface area contributed by atoms with Crippen molar-refractivity contribution in [1.82, 2.24) is 14.7 Å². The number of hydrogen-bond donors (Lipinski definition) is 2. The number of aromatic nitrogens is 2. The zero-order valence-corrected chi connectivity index (χ0v) is 15.5. The number of likely N-dealkylation sites (tertiary alicyclic amines) is 1. The first-order valence-corrected chi connectivity index (χ1v) is 8.95. The number of rotatable bonds is 6. The molecular formula is C18H29N3O4. The number of carbonyl (C=O) groups is 2. The molecule has 2 N–H and O–H groups in total. The molecule has 1 amide bonds. The topological polar surface area (TPSA) is 95.7 Å².